The lowest BCUT2D eigenvalue weighted by Gasteiger charge is -2.38. The number of pyridine rings is 1. The van der Waals surface area contributed by atoms with Gasteiger partial charge in [-0.3, -0.25) is 0 Å². The van der Waals surface area contributed by atoms with Crippen LogP contribution in [-0.2, 0) is 0 Å². The van der Waals surface area contributed by atoms with E-state index in [0.717, 1.165) is 17.6 Å². The Morgan fingerprint density at radius 3 is 2.70 bits per heavy atom. The van der Waals surface area contributed by atoms with Crippen molar-refractivity contribution in [2.24, 2.45) is 5.41 Å². The van der Waals surface area contributed by atoms with Gasteiger partial charge in [0.15, 0.2) is 0 Å². The average molecular weight is 309 g/mol. The molecular weight excluding hydrogens is 282 g/mol. The molecule has 0 aliphatic heterocycles. The quantitative estimate of drug-likeness (QED) is 0.543. The molecule has 1 heterocycles. The van der Waals surface area contributed by atoms with Crippen molar-refractivity contribution in [1.29, 1.82) is 0 Å². The standard InChI is InChI=1S/C21H27NO/c1-16(2)23-20-10-9-19(15-22-20)8-7-17(3)13-18(4)14-21(5)11-6-12-21/h9-10,13,15-16H,3,6,11-12,14H2,1-2,4-5H3/b18-13+. The van der Waals surface area contributed by atoms with E-state index in [0.29, 0.717) is 11.3 Å². The summed E-state index contributed by atoms with van der Waals surface area (Å²) in [7, 11) is 0. The second-order valence-electron chi connectivity index (χ2n) is 7.16. The number of allylic oxidation sites excluding steroid dienone is 3. The highest BCUT2D eigenvalue weighted by molar-refractivity contribution is 5.44. The van der Waals surface area contributed by atoms with Crippen molar-refractivity contribution in [3.63, 3.8) is 0 Å². The molecule has 2 heteroatoms. The third kappa shape index (κ3) is 5.60. The number of hydrogen-bond donors (Lipinski definition) is 0. The van der Waals surface area contributed by atoms with Crippen molar-refractivity contribution in [3.8, 4) is 17.7 Å². The van der Waals surface area contributed by atoms with E-state index in [9.17, 15) is 0 Å². The van der Waals surface area contributed by atoms with E-state index in [-0.39, 0.29) is 6.10 Å². The van der Waals surface area contributed by atoms with Gasteiger partial charge in [-0.1, -0.05) is 37.3 Å². The molecule has 0 atom stereocenters. The van der Waals surface area contributed by atoms with Crippen molar-refractivity contribution >= 4 is 0 Å². The van der Waals surface area contributed by atoms with Crippen LogP contribution >= 0.6 is 0 Å². The van der Waals surface area contributed by atoms with Gasteiger partial charge in [0, 0.05) is 23.4 Å². The van der Waals surface area contributed by atoms with Crippen LogP contribution in [0.3, 0.4) is 0 Å². The first-order valence-electron chi connectivity index (χ1n) is 8.37. The second kappa shape index (κ2) is 7.51. The molecule has 0 saturated heterocycles. The van der Waals surface area contributed by atoms with Gasteiger partial charge >= 0.3 is 0 Å². The molecule has 0 aromatic carbocycles. The third-order valence-corrected chi connectivity index (χ3v) is 4.15. The molecule has 0 amide bonds. The van der Waals surface area contributed by atoms with Crippen LogP contribution in [0.25, 0.3) is 0 Å². The fourth-order valence-electron chi connectivity index (χ4n) is 2.93. The van der Waals surface area contributed by atoms with Crippen LogP contribution in [0.2, 0.25) is 0 Å². The number of hydrogen-bond acceptors (Lipinski definition) is 2. The SMILES string of the molecule is C=C(C#Cc1ccc(OC(C)C)nc1)/C=C(\C)CC1(C)CCC1. The van der Waals surface area contributed by atoms with Crippen LogP contribution in [-0.4, -0.2) is 11.1 Å². The summed E-state index contributed by atoms with van der Waals surface area (Å²) >= 11 is 0. The molecule has 2 rings (SSSR count). The Labute approximate surface area is 140 Å². The van der Waals surface area contributed by atoms with E-state index < -0.39 is 0 Å². The lowest BCUT2D eigenvalue weighted by Crippen LogP contribution is -2.25. The van der Waals surface area contributed by atoms with Gasteiger partial charge in [0.2, 0.25) is 5.88 Å². The van der Waals surface area contributed by atoms with Gasteiger partial charge in [0.25, 0.3) is 0 Å². The lowest BCUT2D eigenvalue weighted by molar-refractivity contribution is 0.161. The number of ether oxygens (including phenoxy) is 1. The molecule has 1 aromatic rings. The zero-order valence-electron chi connectivity index (χ0n) is 14.8. The van der Waals surface area contributed by atoms with Crippen molar-refractivity contribution in [3.05, 3.63) is 47.7 Å². The molecule has 2 nitrogen and oxygen atoms in total. The Hall–Kier alpha value is -2.01. The molecule has 1 aliphatic rings. The van der Waals surface area contributed by atoms with Crippen molar-refractivity contribution in [1.82, 2.24) is 4.98 Å². The lowest BCUT2D eigenvalue weighted by atomic mass is 9.67. The first kappa shape index (κ1) is 17.3. The van der Waals surface area contributed by atoms with Gasteiger partial charge in [0.05, 0.1) is 6.10 Å². The minimum Gasteiger partial charge on any atom is -0.475 e. The zero-order chi connectivity index (χ0) is 16.9. The largest absolute Gasteiger partial charge is 0.475 e. The highest BCUT2D eigenvalue weighted by Crippen LogP contribution is 2.45. The summed E-state index contributed by atoms with van der Waals surface area (Å²) in [6.07, 6.45) is 9.18. The molecule has 0 radical (unpaired) electrons. The van der Waals surface area contributed by atoms with Crippen molar-refractivity contribution in [2.45, 2.75) is 59.5 Å². The highest BCUT2D eigenvalue weighted by atomic mass is 16.5. The molecule has 0 spiro atoms. The maximum Gasteiger partial charge on any atom is 0.213 e. The Morgan fingerprint density at radius 1 is 1.43 bits per heavy atom. The monoisotopic (exact) mass is 309 g/mol. The summed E-state index contributed by atoms with van der Waals surface area (Å²) in [5.41, 5.74) is 3.60. The number of nitrogens with zero attached hydrogens (tertiary/aromatic N) is 1. The summed E-state index contributed by atoms with van der Waals surface area (Å²) in [6, 6.07) is 3.78. The number of aromatic nitrogens is 1. The van der Waals surface area contributed by atoms with E-state index in [1.807, 2.05) is 26.0 Å². The fraction of sp³-hybridized carbons (Fsp3) is 0.476. The second-order valence-corrected chi connectivity index (χ2v) is 7.16. The third-order valence-electron chi connectivity index (χ3n) is 4.15. The Kier molecular flexibility index (Phi) is 5.66. The van der Waals surface area contributed by atoms with Crippen molar-refractivity contribution < 1.29 is 4.74 Å². The Bertz CT molecular complexity index is 637. The van der Waals surface area contributed by atoms with E-state index in [1.165, 1.54) is 24.8 Å². The highest BCUT2D eigenvalue weighted by Gasteiger charge is 2.31. The molecule has 0 bridgehead atoms. The summed E-state index contributed by atoms with van der Waals surface area (Å²) in [4.78, 5) is 4.26. The first-order chi connectivity index (χ1) is 10.9. The first-order valence-corrected chi connectivity index (χ1v) is 8.37. The molecule has 1 saturated carbocycles. The van der Waals surface area contributed by atoms with Crippen LogP contribution in [0.1, 0.15) is 58.9 Å². The molecule has 1 aliphatic carbocycles. The van der Waals surface area contributed by atoms with Gasteiger partial charge in [-0.15, -0.1) is 0 Å². The van der Waals surface area contributed by atoms with E-state index in [2.05, 4.69) is 43.3 Å². The van der Waals surface area contributed by atoms with Crippen LogP contribution in [0, 0.1) is 17.3 Å². The van der Waals surface area contributed by atoms with Gasteiger partial charge in [-0.05, 0) is 57.6 Å². The van der Waals surface area contributed by atoms with Crippen LogP contribution in [0.5, 0.6) is 5.88 Å². The molecule has 0 unspecified atom stereocenters. The number of rotatable bonds is 5. The summed E-state index contributed by atoms with van der Waals surface area (Å²) in [5, 5.41) is 0. The van der Waals surface area contributed by atoms with Crippen molar-refractivity contribution in [2.75, 3.05) is 0 Å². The maximum atomic E-state index is 5.52. The smallest absolute Gasteiger partial charge is 0.213 e. The van der Waals surface area contributed by atoms with E-state index in [1.54, 1.807) is 6.20 Å². The summed E-state index contributed by atoms with van der Waals surface area (Å²) < 4.78 is 5.52. The van der Waals surface area contributed by atoms with Gasteiger partial charge in [-0.25, -0.2) is 4.98 Å². The van der Waals surface area contributed by atoms with Gasteiger partial charge < -0.3 is 4.74 Å². The molecular formula is C21H27NO. The fourth-order valence-corrected chi connectivity index (χ4v) is 2.93. The average Bonchev–Trinajstić information content (AvgIpc) is 2.44. The van der Waals surface area contributed by atoms with E-state index in [4.69, 9.17) is 4.74 Å². The normalized spacial score (nSPS) is 16.3. The topological polar surface area (TPSA) is 22.1 Å². The molecule has 1 fully saturated rings. The van der Waals surface area contributed by atoms with Crippen LogP contribution in [0.15, 0.2) is 42.1 Å². The minimum atomic E-state index is 0.129. The molecule has 0 N–H and O–H groups in total. The molecule has 23 heavy (non-hydrogen) atoms. The van der Waals surface area contributed by atoms with E-state index >= 15 is 0 Å². The zero-order valence-corrected chi connectivity index (χ0v) is 14.8. The van der Waals surface area contributed by atoms with Gasteiger partial charge in [-0.2, -0.15) is 0 Å². The summed E-state index contributed by atoms with van der Waals surface area (Å²) in [6.45, 7) is 12.6. The van der Waals surface area contributed by atoms with Gasteiger partial charge in [0.1, 0.15) is 0 Å². The summed E-state index contributed by atoms with van der Waals surface area (Å²) in [5.74, 6) is 6.85. The van der Waals surface area contributed by atoms with Crippen LogP contribution < -0.4 is 4.74 Å². The Morgan fingerprint density at radius 2 is 2.17 bits per heavy atom. The predicted octanol–water partition coefficient (Wildman–Crippen LogP) is 5.30. The molecule has 122 valence electrons. The molecule has 1 aromatic heterocycles. The predicted molar refractivity (Wildman–Crippen MR) is 96.4 cm³/mol. The minimum absolute atomic E-state index is 0.129. The Balaban J connectivity index is 1.93. The van der Waals surface area contributed by atoms with Crippen LogP contribution in [0.4, 0.5) is 0 Å². The maximum absolute atomic E-state index is 5.52.